The lowest BCUT2D eigenvalue weighted by atomic mass is 10.1. The van der Waals surface area contributed by atoms with Gasteiger partial charge < -0.3 is 19.3 Å². The summed E-state index contributed by atoms with van der Waals surface area (Å²) in [5.41, 5.74) is 12.2. The summed E-state index contributed by atoms with van der Waals surface area (Å²) in [5.74, 6) is 3.07. The zero-order chi connectivity index (χ0) is 45.7. The smallest absolute Gasteiger partial charge is 0.127 e. The molecule has 0 bridgehead atoms. The van der Waals surface area contributed by atoms with Gasteiger partial charge in [-0.05, 0) is 168 Å². The van der Waals surface area contributed by atoms with Crippen molar-refractivity contribution in [1.82, 2.24) is 9.97 Å². The third kappa shape index (κ3) is 10.6. The van der Waals surface area contributed by atoms with Crippen molar-refractivity contribution in [2.75, 3.05) is 9.80 Å². The van der Waals surface area contributed by atoms with Gasteiger partial charge in [0.1, 0.15) is 23.0 Å². The van der Waals surface area contributed by atoms with Gasteiger partial charge in [0.2, 0.25) is 0 Å². The van der Waals surface area contributed by atoms with Gasteiger partial charge in [0, 0.05) is 46.5 Å². The van der Waals surface area contributed by atoms with Crippen LogP contribution in [-0.4, -0.2) is 9.97 Å². The molecule has 0 aliphatic carbocycles. The van der Waals surface area contributed by atoms with Crippen molar-refractivity contribution in [1.29, 1.82) is 0 Å². The molecule has 2 aromatic heterocycles. The second-order valence-corrected chi connectivity index (χ2v) is 16.0. The van der Waals surface area contributed by atoms with Crippen LogP contribution in [0.25, 0.3) is 35.7 Å². The lowest BCUT2D eigenvalue weighted by molar-refractivity contribution is 0.482. The van der Waals surface area contributed by atoms with Crippen LogP contribution >= 0.6 is 0 Å². The van der Waals surface area contributed by atoms with Gasteiger partial charge in [-0.3, -0.25) is 9.97 Å². The number of rotatable bonds is 15. The van der Waals surface area contributed by atoms with Crippen molar-refractivity contribution in [3.8, 4) is 34.4 Å². The lowest BCUT2D eigenvalue weighted by Gasteiger charge is -2.25. The minimum Gasteiger partial charge on any atom is -0.457 e. The Morgan fingerprint density at radius 3 is 0.838 bits per heavy atom. The number of hydrogen-bond acceptors (Lipinski definition) is 6. The molecule has 10 aromatic rings. The van der Waals surface area contributed by atoms with Gasteiger partial charge in [0.05, 0.1) is 11.4 Å². The number of anilines is 6. The van der Waals surface area contributed by atoms with E-state index in [0.29, 0.717) is 0 Å². The molecule has 10 rings (SSSR count). The van der Waals surface area contributed by atoms with Crippen LogP contribution in [-0.2, 0) is 0 Å². The number of benzene rings is 8. The molecule has 0 spiro atoms. The summed E-state index contributed by atoms with van der Waals surface area (Å²) >= 11 is 0. The van der Waals surface area contributed by atoms with Crippen molar-refractivity contribution < 1.29 is 9.47 Å². The summed E-state index contributed by atoms with van der Waals surface area (Å²) < 4.78 is 12.5. The Kier molecular flexibility index (Phi) is 13.0. The summed E-state index contributed by atoms with van der Waals surface area (Å²) in [6, 6.07) is 82.1. The first-order chi connectivity index (χ1) is 33.7. The molecule has 0 amide bonds. The van der Waals surface area contributed by atoms with E-state index in [1.165, 1.54) is 0 Å². The van der Waals surface area contributed by atoms with E-state index in [9.17, 15) is 0 Å². The maximum atomic E-state index is 6.24. The fraction of sp³-hybridized carbons (Fsp3) is 0. The van der Waals surface area contributed by atoms with Crippen LogP contribution in [0.15, 0.2) is 255 Å². The van der Waals surface area contributed by atoms with Crippen molar-refractivity contribution >= 4 is 58.4 Å². The van der Waals surface area contributed by atoms with Gasteiger partial charge in [-0.1, -0.05) is 121 Å². The summed E-state index contributed by atoms with van der Waals surface area (Å²) in [7, 11) is 0. The van der Waals surface area contributed by atoms with Gasteiger partial charge in [-0.25, -0.2) is 0 Å². The minimum absolute atomic E-state index is 0.767. The molecule has 0 atom stereocenters. The first kappa shape index (κ1) is 42.7. The molecule has 0 aliphatic heterocycles. The van der Waals surface area contributed by atoms with Gasteiger partial charge >= 0.3 is 0 Å². The highest BCUT2D eigenvalue weighted by Gasteiger charge is 2.14. The summed E-state index contributed by atoms with van der Waals surface area (Å²) in [6.07, 6.45) is 12.0. The Labute approximate surface area is 397 Å². The van der Waals surface area contributed by atoms with E-state index in [2.05, 4.69) is 202 Å². The highest BCUT2D eigenvalue weighted by molar-refractivity contribution is 5.79. The average molecular weight is 879 g/mol. The monoisotopic (exact) mass is 878 g/mol. The molecule has 0 saturated carbocycles. The Bertz CT molecular complexity index is 2930. The van der Waals surface area contributed by atoms with Crippen molar-refractivity contribution in [3.63, 3.8) is 0 Å². The van der Waals surface area contributed by atoms with Gasteiger partial charge in [-0.2, -0.15) is 0 Å². The fourth-order valence-corrected chi connectivity index (χ4v) is 7.86. The van der Waals surface area contributed by atoms with E-state index >= 15 is 0 Å². The van der Waals surface area contributed by atoms with E-state index < -0.39 is 0 Å². The van der Waals surface area contributed by atoms with Crippen molar-refractivity contribution in [3.05, 3.63) is 277 Å². The number of pyridine rings is 2. The van der Waals surface area contributed by atoms with Crippen LogP contribution < -0.4 is 19.3 Å². The molecule has 0 unspecified atom stereocenters. The van der Waals surface area contributed by atoms with E-state index in [1.807, 2.05) is 97.3 Å². The molecule has 68 heavy (non-hydrogen) atoms. The molecule has 0 radical (unpaired) electrons. The maximum Gasteiger partial charge on any atom is 0.127 e. The van der Waals surface area contributed by atoms with Gasteiger partial charge in [0.25, 0.3) is 0 Å². The molecule has 6 heteroatoms. The van der Waals surface area contributed by atoms with Crippen LogP contribution in [0.4, 0.5) is 34.1 Å². The second-order valence-electron chi connectivity index (χ2n) is 16.0. The van der Waals surface area contributed by atoms with Crippen LogP contribution in [0.5, 0.6) is 23.0 Å². The number of nitrogens with zero attached hydrogens (tertiary/aromatic N) is 4. The Hall–Kier alpha value is -9.26. The highest BCUT2D eigenvalue weighted by atomic mass is 16.5. The molecular weight excluding hydrogens is 833 g/mol. The molecular formula is C62H46N4O2. The van der Waals surface area contributed by atoms with Gasteiger partial charge in [-0.15, -0.1) is 0 Å². The maximum absolute atomic E-state index is 6.24. The quantitative estimate of drug-likeness (QED) is 0.102. The Morgan fingerprint density at radius 2 is 0.529 bits per heavy atom. The number of para-hydroxylation sites is 4. The van der Waals surface area contributed by atoms with E-state index in [4.69, 9.17) is 9.47 Å². The second kappa shape index (κ2) is 20.7. The number of hydrogen-bond donors (Lipinski definition) is 0. The molecule has 326 valence electrons. The van der Waals surface area contributed by atoms with Crippen molar-refractivity contribution in [2.24, 2.45) is 0 Å². The third-order valence-electron chi connectivity index (χ3n) is 11.2. The minimum atomic E-state index is 0.767. The van der Waals surface area contributed by atoms with Crippen LogP contribution in [0, 0.1) is 0 Å². The molecule has 0 saturated heterocycles. The topological polar surface area (TPSA) is 50.7 Å². The first-order valence-corrected chi connectivity index (χ1v) is 22.5. The van der Waals surface area contributed by atoms with E-state index in [-0.39, 0.29) is 0 Å². The SMILES string of the molecule is C(=Cc1ccnc(-c2cc(/C=C/c3ccc(Oc4ccc(N(c5ccccc5)c5ccccc5)cc4)cc3)ccn2)c1)c1ccc(Oc2ccc(N(c3ccccc3)c3ccccc3)cc2)cc1. The average Bonchev–Trinajstić information content (AvgIpc) is 3.41. The Balaban J connectivity index is 0.744. The summed E-state index contributed by atoms with van der Waals surface area (Å²) in [6.45, 7) is 0. The molecule has 0 aliphatic rings. The lowest BCUT2D eigenvalue weighted by Crippen LogP contribution is -2.09. The van der Waals surface area contributed by atoms with E-state index in [0.717, 1.165) is 90.8 Å². The molecule has 6 nitrogen and oxygen atoms in total. The first-order valence-electron chi connectivity index (χ1n) is 22.5. The third-order valence-corrected chi connectivity index (χ3v) is 11.2. The molecule has 8 aromatic carbocycles. The van der Waals surface area contributed by atoms with Crippen molar-refractivity contribution in [2.45, 2.75) is 0 Å². The van der Waals surface area contributed by atoms with Crippen LogP contribution in [0.3, 0.4) is 0 Å². The standard InChI is InChI=1S/C62H46N4O2/c1-5-13-51(14-6-1)65(52-15-7-2-8-16-52)55-29-37-59(38-30-55)67-57-33-25-47(26-34-57)21-23-49-41-43-63-61(45-49)62-46-50(42-44-64-62)24-22-48-27-35-58(36-28-48)68-60-39-31-56(32-40-60)66(53-17-9-3-10-18-53)54-19-11-4-12-20-54/h1-46H/b23-21+,24-22?. The number of ether oxygens (including phenoxy) is 2. The number of aromatic nitrogens is 2. The molecule has 2 heterocycles. The summed E-state index contributed by atoms with van der Waals surface area (Å²) in [4.78, 5) is 13.8. The van der Waals surface area contributed by atoms with Gasteiger partial charge in [0.15, 0.2) is 0 Å². The zero-order valence-corrected chi connectivity index (χ0v) is 37.2. The predicted molar refractivity (Wildman–Crippen MR) is 281 cm³/mol. The van der Waals surface area contributed by atoms with Crippen LogP contribution in [0.1, 0.15) is 22.3 Å². The molecule has 0 fully saturated rings. The Morgan fingerprint density at radius 1 is 0.265 bits per heavy atom. The predicted octanol–water partition coefficient (Wildman–Crippen LogP) is 17.0. The molecule has 0 N–H and O–H groups in total. The zero-order valence-electron chi connectivity index (χ0n) is 37.2. The normalized spacial score (nSPS) is 11.1. The fourth-order valence-electron chi connectivity index (χ4n) is 7.86. The summed E-state index contributed by atoms with van der Waals surface area (Å²) in [5, 5.41) is 0. The highest BCUT2D eigenvalue weighted by Crippen LogP contribution is 2.37. The largest absolute Gasteiger partial charge is 0.457 e. The van der Waals surface area contributed by atoms with E-state index in [1.54, 1.807) is 0 Å². The van der Waals surface area contributed by atoms with Crippen LogP contribution in [0.2, 0.25) is 0 Å².